The quantitative estimate of drug-likeness (QED) is 0.358. The third-order valence-corrected chi connectivity index (χ3v) is 3.08. The van der Waals surface area contributed by atoms with Crippen LogP contribution < -0.4 is 10.6 Å². The molecule has 0 amide bonds. The van der Waals surface area contributed by atoms with Crippen LogP contribution in [0.2, 0.25) is 0 Å². The monoisotopic (exact) mass is 272 g/mol. The molecule has 0 aromatic rings. The number of aliphatic imine (C=N–C) groups is 1. The Hall–Kier alpha value is -0.810. The van der Waals surface area contributed by atoms with Gasteiger partial charge in [-0.05, 0) is 47.2 Å². The van der Waals surface area contributed by atoms with Crippen molar-refractivity contribution in [2.24, 2.45) is 4.99 Å². The lowest BCUT2D eigenvalue weighted by Crippen LogP contribution is -2.39. The maximum absolute atomic E-state index is 5.27. The molecule has 0 unspecified atom stereocenters. The standard InChI is InChI=1S/C14H32N4O/c1-6-19-12-10-17-14(15-4)16-9-7-8-11-18(5)13(2)3/h13H,6-12H2,1-5H3,(H2,15,16,17). The molecule has 0 spiro atoms. The van der Waals surface area contributed by atoms with E-state index in [-0.39, 0.29) is 0 Å². The van der Waals surface area contributed by atoms with Crippen molar-refractivity contribution < 1.29 is 4.74 Å². The number of nitrogens with zero attached hydrogens (tertiary/aromatic N) is 2. The van der Waals surface area contributed by atoms with Crippen molar-refractivity contribution >= 4 is 5.96 Å². The SMILES string of the molecule is CCOCCNC(=NC)NCCCCN(C)C(C)C. The molecule has 0 rings (SSSR count). The van der Waals surface area contributed by atoms with Crippen molar-refractivity contribution in [2.45, 2.75) is 39.7 Å². The van der Waals surface area contributed by atoms with Gasteiger partial charge in [-0.2, -0.15) is 0 Å². The molecule has 0 fully saturated rings. The number of ether oxygens (including phenoxy) is 1. The predicted octanol–water partition coefficient (Wildman–Crippen LogP) is 1.31. The molecule has 0 saturated heterocycles. The summed E-state index contributed by atoms with van der Waals surface area (Å²) in [5.74, 6) is 0.858. The zero-order valence-electron chi connectivity index (χ0n) is 13.3. The van der Waals surface area contributed by atoms with Crippen LogP contribution >= 0.6 is 0 Å². The molecule has 5 nitrogen and oxygen atoms in total. The normalized spacial score (nSPS) is 12.3. The van der Waals surface area contributed by atoms with Gasteiger partial charge in [0, 0.05) is 32.8 Å². The summed E-state index contributed by atoms with van der Waals surface area (Å²) >= 11 is 0. The van der Waals surface area contributed by atoms with Crippen molar-refractivity contribution in [3.63, 3.8) is 0 Å². The number of rotatable bonds is 10. The Morgan fingerprint density at radius 1 is 1.21 bits per heavy atom. The molecule has 0 bridgehead atoms. The lowest BCUT2D eigenvalue weighted by molar-refractivity contribution is 0.152. The second kappa shape index (κ2) is 12.2. The first-order valence-electron chi connectivity index (χ1n) is 7.34. The second-order valence-electron chi connectivity index (χ2n) is 4.90. The lowest BCUT2D eigenvalue weighted by Gasteiger charge is -2.20. The molecule has 19 heavy (non-hydrogen) atoms. The van der Waals surface area contributed by atoms with Gasteiger partial charge in [-0.1, -0.05) is 0 Å². The Kier molecular flexibility index (Phi) is 11.7. The molecule has 0 aromatic heterocycles. The van der Waals surface area contributed by atoms with E-state index in [0.29, 0.717) is 6.04 Å². The summed E-state index contributed by atoms with van der Waals surface area (Å²) in [4.78, 5) is 6.55. The van der Waals surface area contributed by atoms with Gasteiger partial charge >= 0.3 is 0 Å². The van der Waals surface area contributed by atoms with Crippen LogP contribution in [0.3, 0.4) is 0 Å². The van der Waals surface area contributed by atoms with Crippen molar-refractivity contribution in [2.75, 3.05) is 46.9 Å². The van der Waals surface area contributed by atoms with Gasteiger partial charge in [0.05, 0.1) is 6.61 Å². The van der Waals surface area contributed by atoms with Crippen LogP contribution in [0, 0.1) is 0 Å². The fourth-order valence-corrected chi connectivity index (χ4v) is 1.56. The molecule has 0 aliphatic heterocycles. The third-order valence-electron chi connectivity index (χ3n) is 3.08. The highest BCUT2D eigenvalue weighted by Crippen LogP contribution is 1.97. The van der Waals surface area contributed by atoms with Crippen LogP contribution in [0.25, 0.3) is 0 Å². The average molecular weight is 272 g/mol. The van der Waals surface area contributed by atoms with Gasteiger partial charge < -0.3 is 20.3 Å². The van der Waals surface area contributed by atoms with Gasteiger partial charge in [0.1, 0.15) is 0 Å². The van der Waals surface area contributed by atoms with E-state index in [2.05, 4.69) is 41.4 Å². The first kappa shape index (κ1) is 18.2. The highest BCUT2D eigenvalue weighted by atomic mass is 16.5. The van der Waals surface area contributed by atoms with Crippen LogP contribution in [-0.4, -0.2) is 63.8 Å². The van der Waals surface area contributed by atoms with E-state index in [1.165, 1.54) is 6.42 Å². The molecule has 0 radical (unpaired) electrons. The van der Waals surface area contributed by atoms with E-state index < -0.39 is 0 Å². The van der Waals surface area contributed by atoms with Crippen molar-refractivity contribution in [1.82, 2.24) is 15.5 Å². The molecule has 114 valence electrons. The first-order chi connectivity index (χ1) is 9.11. The molecule has 2 N–H and O–H groups in total. The highest BCUT2D eigenvalue weighted by molar-refractivity contribution is 5.79. The number of nitrogens with one attached hydrogen (secondary N) is 2. The topological polar surface area (TPSA) is 48.9 Å². The summed E-state index contributed by atoms with van der Waals surface area (Å²) in [5, 5.41) is 6.54. The minimum atomic E-state index is 0.626. The molecule has 0 heterocycles. The molecule has 0 aliphatic carbocycles. The number of unbranched alkanes of at least 4 members (excludes halogenated alkanes) is 1. The van der Waals surface area contributed by atoms with Gasteiger partial charge in [-0.3, -0.25) is 4.99 Å². The minimum absolute atomic E-state index is 0.626. The van der Waals surface area contributed by atoms with Crippen molar-refractivity contribution in [1.29, 1.82) is 0 Å². The van der Waals surface area contributed by atoms with Crippen LogP contribution in [0.1, 0.15) is 33.6 Å². The molecular weight excluding hydrogens is 240 g/mol. The zero-order valence-corrected chi connectivity index (χ0v) is 13.3. The van der Waals surface area contributed by atoms with Gasteiger partial charge in [0.25, 0.3) is 0 Å². The molecule has 0 saturated carbocycles. The van der Waals surface area contributed by atoms with E-state index in [0.717, 1.165) is 45.2 Å². The Bertz CT molecular complexity index is 231. The molecular formula is C14H32N4O. The molecule has 0 aliphatic rings. The fraction of sp³-hybridized carbons (Fsp3) is 0.929. The van der Waals surface area contributed by atoms with Crippen molar-refractivity contribution in [3.8, 4) is 0 Å². The van der Waals surface area contributed by atoms with Crippen molar-refractivity contribution in [3.05, 3.63) is 0 Å². The average Bonchev–Trinajstić information content (AvgIpc) is 2.40. The summed E-state index contributed by atoms with van der Waals surface area (Å²) in [7, 11) is 3.97. The van der Waals surface area contributed by atoms with E-state index in [1.807, 2.05) is 6.92 Å². The predicted molar refractivity (Wildman–Crippen MR) is 82.9 cm³/mol. The number of hydrogen-bond acceptors (Lipinski definition) is 3. The highest BCUT2D eigenvalue weighted by Gasteiger charge is 2.02. The van der Waals surface area contributed by atoms with E-state index >= 15 is 0 Å². The molecule has 5 heteroatoms. The van der Waals surface area contributed by atoms with Crippen LogP contribution in [0.15, 0.2) is 4.99 Å². The Labute approximate surface area is 118 Å². The first-order valence-corrected chi connectivity index (χ1v) is 7.34. The Balaban J connectivity index is 3.51. The third kappa shape index (κ3) is 10.8. The van der Waals surface area contributed by atoms with Gasteiger partial charge in [-0.15, -0.1) is 0 Å². The molecule has 0 aromatic carbocycles. The Morgan fingerprint density at radius 3 is 2.47 bits per heavy atom. The second-order valence-corrected chi connectivity index (χ2v) is 4.90. The number of guanidine groups is 1. The Morgan fingerprint density at radius 2 is 1.89 bits per heavy atom. The van der Waals surface area contributed by atoms with Gasteiger partial charge in [0.2, 0.25) is 0 Å². The summed E-state index contributed by atoms with van der Waals surface area (Å²) < 4.78 is 5.27. The summed E-state index contributed by atoms with van der Waals surface area (Å²) in [5.41, 5.74) is 0. The summed E-state index contributed by atoms with van der Waals surface area (Å²) in [6, 6.07) is 0.626. The minimum Gasteiger partial charge on any atom is -0.380 e. The maximum atomic E-state index is 5.27. The largest absolute Gasteiger partial charge is 0.380 e. The van der Waals surface area contributed by atoms with Crippen LogP contribution in [-0.2, 0) is 4.74 Å². The maximum Gasteiger partial charge on any atom is 0.191 e. The van der Waals surface area contributed by atoms with Gasteiger partial charge in [0.15, 0.2) is 5.96 Å². The van der Waals surface area contributed by atoms with E-state index in [1.54, 1.807) is 7.05 Å². The van der Waals surface area contributed by atoms with Gasteiger partial charge in [-0.25, -0.2) is 0 Å². The fourth-order valence-electron chi connectivity index (χ4n) is 1.56. The van der Waals surface area contributed by atoms with E-state index in [4.69, 9.17) is 4.74 Å². The smallest absolute Gasteiger partial charge is 0.191 e. The number of hydrogen-bond donors (Lipinski definition) is 2. The van der Waals surface area contributed by atoms with E-state index in [9.17, 15) is 0 Å². The lowest BCUT2D eigenvalue weighted by atomic mass is 10.2. The summed E-state index contributed by atoms with van der Waals surface area (Å²) in [6.07, 6.45) is 2.36. The molecule has 0 atom stereocenters. The summed E-state index contributed by atoms with van der Waals surface area (Å²) in [6.45, 7) is 10.8. The zero-order chi connectivity index (χ0) is 14.5. The van der Waals surface area contributed by atoms with Crippen LogP contribution in [0.4, 0.5) is 0 Å². The van der Waals surface area contributed by atoms with Crippen LogP contribution in [0.5, 0.6) is 0 Å².